The van der Waals surface area contributed by atoms with E-state index < -0.39 is 0 Å². The molecule has 1 fully saturated rings. The smallest absolute Gasteiger partial charge is 0.161 e. The van der Waals surface area contributed by atoms with Gasteiger partial charge < -0.3 is 18.9 Å². The summed E-state index contributed by atoms with van der Waals surface area (Å²) < 4.78 is 22.4. The van der Waals surface area contributed by atoms with Crippen LogP contribution in [0.4, 0.5) is 0 Å². The maximum Gasteiger partial charge on any atom is 0.161 e. The molecule has 0 bridgehead atoms. The number of hydrogen-bond acceptors (Lipinski definition) is 6. The van der Waals surface area contributed by atoms with Crippen LogP contribution in [0.25, 0.3) is 10.8 Å². The Balaban J connectivity index is 1.49. The van der Waals surface area contributed by atoms with Gasteiger partial charge in [-0.05, 0) is 77.9 Å². The molecule has 0 N–H and O–H groups in total. The molecule has 5 rings (SSSR count). The molecule has 0 amide bonds. The highest BCUT2D eigenvalue weighted by Gasteiger charge is 2.39. The molecule has 2 aliphatic heterocycles. The highest BCUT2D eigenvalue weighted by molar-refractivity contribution is 5.88. The molecule has 0 aliphatic carbocycles. The van der Waals surface area contributed by atoms with Crippen molar-refractivity contribution >= 4 is 10.8 Å². The van der Waals surface area contributed by atoms with E-state index in [1.165, 1.54) is 17.5 Å². The first-order valence-electron chi connectivity index (χ1n) is 12.6. The van der Waals surface area contributed by atoms with Crippen molar-refractivity contribution in [3.05, 3.63) is 53.3 Å². The van der Waals surface area contributed by atoms with Gasteiger partial charge in [-0.25, -0.2) is 0 Å². The number of methoxy groups -OCH3 is 4. The van der Waals surface area contributed by atoms with E-state index in [2.05, 4.69) is 42.2 Å². The van der Waals surface area contributed by atoms with E-state index in [0.717, 1.165) is 71.8 Å². The average Bonchev–Trinajstić information content (AvgIpc) is 2.91. The van der Waals surface area contributed by atoms with Crippen molar-refractivity contribution in [2.75, 3.05) is 41.5 Å². The maximum absolute atomic E-state index is 5.66. The minimum absolute atomic E-state index is 0.399. The van der Waals surface area contributed by atoms with Crippen LogP contribution in [0.5, 0.6) is 23.0 Å². The second-order valence-corrected chi connectivity index (χ2v) is 9.72. The Morgan fingerprint density at radius 2 is 1.57 bits per heavy atom. The molecule has 6 nitrogen and oxygen atoms in total. The van der Waals surface area contributed by atoms with E-state index >= 15 is 0 Å². The van der Waals surface area contributed by atoms with Crippen LogP contribution in [0, 0.1) is 11.8 Å². The summed E-state index contributed by atoms with van der Waals surface area (Å²) in [5, 5.41) is 2.29. The van der Waals surface area contributed by atoms with E-state index in [0.29, 0.717) is 17.9 Å². The molecule has 1 saturated heterocycles. The van der Waals surface area contributed by atoms with Crippen LogP contribution in [0.15, 0.2) is 36.5 Å². The molecule has 3 unspecified atom stereocenters. The van der Waals surface area contributed by atoms with Gasteiger partial charge in [0.2, 0.25) is 0 Å². The van der Waals surface area contributed by atoms with Crippen molar-refractivity contribution < 1.29 is 18.9 Å². The molecule has 1 aromatic heterocycles. The number of benzene rings is 2. The summed E-state index contributed by atoms with van der Waals surface area (Å²) in [6.45, 7) is 4.55. The minimum Gasteiger partial charge on any atom is -0.493 e. The summed E-state index contributed by atoms with van der Waals surface area (Å²) in [5.41, 5.74) is 3.92. The van der Waals surface area contributed by atoms with E-state index in [1.54, 1.807) is 28.4 Å². The Hall–Kier alpha value is -2.99. The van der Waals surface area contributed by atoms with Gasteiger partial charge >= 0.3 is 0 Å². The third-order valence-corrected chi connectivity index (χ3v) is 8.11. The SMILES string of the molecule is CCC1CN2CCc3cc(OC)c(OC)cc3C2CC1Cc1nccc2cc(OC)c(OC)cc12. The van der Waals surface area contributed by atoms with Crippen LogP contribution < -0.4 is 18.9 Å². The first-order valence-corrected chi connectivity index (χ1v) is 12.6. The number of aromatic nitrogens is 1. The number of fused-ring (bicyclic) bond motifs is 4. The standard InChI is InChI=1S/C29H36N2O4/c1-6-18-17-31-10-8-20-14-27(33-3)29(35-5)16-23(20)25(31)12-21(18)11-24-22-15-28(34-4)26(32-2)13-19(22)7-9-30-24/h7,9,13-16,18,21,25H,6,8,10-12,17H2,1-5H3. The molecule has 3 atom stereocenters. The molecule has 2 aromatic carbocycles. The second-order valence-electron chi connectivity index (χ2n) is 9.72. The Morgan fingerprint density at radius 3 is 2.29 bits per heavy atom. The highest BCUT2D eigenvalue weighted by Crippen LogP contribution is 2.46. The van der Waals surface area contributed by atoms with Gasteiger partial charge in [0.1, 0.15) is 0 Å². The molecule has 3 heterocycles. The van der Waals surface area contributed by atoms with Crippen molar-refractivity contribution in [1.82, 2.24) is 9.88 Å². The molecule has 6 heteroatoms. The number of nitrogens with zero attached hydrogens (tertiary/aromatic N) is 2. The molecule has 0 spiro atoms. The molecule has 0 radical (unpaired) electrons. The summed E-state index contributed by atoms with van der Waals surface area (Å²) in [6, 6.07) is 11.0. The zero-order valence-electron chi connectivity index (χ0n) is 21.5. The maximum atomic E-state index is 5.66. The summed E-state index contributed by atoms with van der Waals surface area (Å²) in [7, 11) is 6.80. The lowest BCUT2D eigenvalue weighted by atomic mass is 9.74. The quantitative estimate of drug-likeness (QED) is 0.452. The number of rotatable bonds is 7. The zero-order chi connectivity index (χ0) is 24.5. The largest absolute Gasteiger partial charge is 0.493 e. The van der Waals surface area contributed by atoms with Crippen molar-refractivity contribution in [1.29, 1.82) is 0 Å². The topological polar surface area (TPSA) is 53.1 Å². The molecule has 0 saturated carbocycles. The van der Waals surface area contributed by atoms with Crippen LogP contribution in [0.1, 0.15) is 42.6 Å². The number of hydrogen-bond donors (Lipinski definition) is 0. The van der Waals surface area contributed by atoms with E-state index in [4.69, 9.17) is 23.9 Å². The summed E-state index contributed by atoms with van der Waals surface area (Å²) in [6.07, 6.45) is 6.23. The van der Waals surface area contributed by atoms with Gasteiger partial charge in [-0.15, -0.1) is 0 Å². The fourth-order valence-corrected chi connectivity index (χ4v) is 6.19. The van der Waals surface area contributed by atoms with Gasteiger partial charge in [-0.2, -0.15) is 0 Å². The van der Waals surface area contributed by atoms with Gasteiger partial charge in [0.05, 0.1) is 28.4 Å². The number of piperidine rings is 1. The Labute approximate surface area is 208 Å². The first-order chi connectivity index (χ1) is 17.1. The van der Waals surface area contributed by atoms with Gasteiger partial charge in [0.25, 0.3) is 0 Å². The summed E-state index contributed by atoms with van der Waals surface area (Å²) in [4.78, 5) is 7.54. The van der Waals surface area contributed by atoms with Crippen LogP contribution in [0.3, 0.4) is 0 Å². The monoisotopic (exact) mass is 476 g/mol. The fraction of sp³-hybridized carbons (Fsp3) is 0.483. The van der Waals surface area contributed by atoms with Crippen molar-refractivity contribution in [3.63, 3.8) is 0 Å². The predicted molar refractivity (Wildman–Crippen MR) is 138 cm³/mol. The fourth-order valence-electron chi connectivity index (χ4n) is 6.19. The van der Waals surface area contributed by atoms with Gasteiger partial charge in [0, 0.05) is 36.4 Å². The molecular weight excluding hydrogens is 440 g/mol. The van der Waals surface area contributed by atoms with E-state index in [-0.39, 0.29) is 0 Å². The van der Waals surface area contributed by atoms with Crippen LogP contribution in [0.2, 0.25) is 0 Å². The molecule has 35 heavy (non-hydrogen) atoms. The normalized spacial score (nSPS) is 21.8. The Morgan fingerprint density at radius 1 is 0.886 bits per heavy atom. The zero-order valence-corrected chi connectivity index (χ0v) is 21.5. The van der Waals surface area contributed by atoms with Crippen molar-refractivity contribution in [3.8, 4) is 23.0 Å². The van der Waals surface area contributed by atoms with Gasteiger partial charge in [-0.3, -0.25) is 9.88 Å². The molecule has 186 valence electrons. The number of ether oxygens (including phenoxy) is 4. The van der Waals surface area contributed by atoms with E-state index in [9.17, 15) is 0 Å². The van der Waals surface area contributed by atoms with Crippen LogP contribution in [-0.2, 0) is 12.8 Å². The summed E-state index contributed by atoms with van der Waals surface area (Å²) >= 11 is 0. The second kappa shape index (κ2) is 9.94. The highest BCUT2D eigenvalue weighted by atomic mass is 16.5. The van der Waals surface area contributed by atoms with Crippen molar-refractivity contribution in [2.45, 2.75) is 38.6 Å². The molecule has 3 aromatic rings. The lowest BCUT2D eigenvalue weighted by Crippen LogP contribution is -2.46. The van der Waals surface area contributed by atoms with E-state index in [1.807, 2.05) is 6.20 Å². The van der Waals surface area contributed by atoms with Crippen LogP contribution >= 0.6 is 0 Å². The molecular formula is C29H36N2O4. The number of pyridine rings is 1. The summed E-state index contributed by atoms with van der Waals surface area (Å²) in [5.74, 6) is 4.33. The van der Waals surface area contributed by atoms with Gasteiger partial charge in [-0.1, -0.05) is 13.3 Å². The van der Waals surface area contributed by atoms with Crippen LogP contribution in [-0.4, -0.2) is 51.4 Å². The third-order valence-electron chi connectivity index (χ3n) is 8.11. The Kier molecular flexibility index (Phi) is 6.74. The lowest BCUT2D eigenvalue weighted by molar-refractivity contribution is 0.0517. The Bertz CT molecular complexity index is 1210. The molecule has 2 aliphatic rings. The average molecular weight is 477 g/mol. The lowest BCUT2D eigenvalue weighted by Gasteiger charge is -2.47. The van der Waals surface area contributed by atoms with Gasteiger partial charge in [0.15, 0.2) is 23.0 Å². The third kappa shape index (κ3) is 4.29. The van der Waals surface area contributed by atoms with Crippen molar-refractivity contribution in [2.24, 2.45) is 11.8 Å². The minimum atomic E-state index is 0.399. The first kappa shape index (κ1) is 23.7. The predicted octanol–water partition coefficient (Wildman–Crippen LogP) is 5.46.